The van der Waals surface area contributed by atoms with Crippen molar-refractivity contribution in [3.63, 3.8) is 0 Å². The average Bonchev–Trinajstić information content (AvgIpc) is 2.81. The fourth-order valence-electron chi connectivity index (χ4n) is 2.13. The standard InChI is InChI=1S/C15H20N4OS/c1-3-7-13-16-17-15(21)19(13)11-14(20)18(2)10-12-8-5-4-6-9-12/h4-6,8-9H,3,7,10-11H2,1-2H3,(H,17,21). The van der Waals surface area contributed by atoms with Crippen LogP contribution in [0.5, 0.6) is 0 Å². The van der Waals surface area contributed by atoms with Crippen LogP contribution in [0.3, 0.4) is 0 Å². The lowest BCUT2D eigenvalue weighted by molar-refractivity contribution is -0.131. The molecule has 1 N–H and O–H groups in total. The SMILES string of the molecule is CCCc1n[nH]c(=S)n1CC(=O)N(C)Cc1ccccc1. The molecule has 0 aliphatic heterocycles. The maximum atomic E-state index is 12.3. The zero-order valence-electron chi connectivity index (χ0n) is 12.4. The van der Waals surface area contributed by atoms with Crippen molar-refractivity contribution in [1.82, 2.24) is 19.7 Å². The lowest BCUT2D eigenvalue weighted by Crippen LogP contribution is -2.30. The molecular formula is C15H20N4OS. The van der Waals surface area contributed by atoms with Gasteiger partial charge in [0.25, 0.3) is 0 Å². The summed E-state index contributed by atoms with van der Waals surface area (Å²) in [4.78, 5) is 14.0. The van der Waals surface area contributed by atoms with Crippen LogP contribution >= 0.6 is 12.2 Å². The van der Waals surface area contributed by atoms with E-state index in [0.717, 1.165) is 24.2 Å². The zero-order chi connectivity index (χ0) is 15.2. The second-order valence-electron chi connectivity index (χ2n) is 5.02. The molecule has 2 aromatic rings. The number of aromatic nitrogens is 3. The first-order valence-electron chi connectivity index (χ1n) is 7.03. The lowest BCUT2D eigenvalue weighted by atomic mass is 10.2. The van der Waals surface area contributed by atoms with Crippen molar-refractivity contribution < 1.29 is 4.79 Å². The molecule has 0 bridgehead atoms. The van der Waals surface area contributed by atoms with Crippen LogP contribution in [0.15, 0.2) is 30.3 Å². The number of hydrogen-bond donors (Lipinski definition) is 1. The van der Waals surface area contributed by atoms with Crippen molar-refractivity contribution in [2.45, 2.75) is 32.9 Å². The van der Waals surface area contributed by atoms with Gasteiger partial charge >= 0.3 is 0 Å². The van der Waals surface area contributed by atoms with E-state index >= 15 is 0 Å². The largest absolute Gasteiger partial charge is 0.340 e. The second-order valence-corrected chi connectivity index (χ2v) is 5.40. The van der Waals surface area contributed by atoms with E-state index in [0.29, 0.717) is 11.3 Å². The molecule has 0 radical (unpaired) electrons. The summed E-state index contributed by atoms with van der Waals surface area (Å²) in [6.07, 6.45) is 1.77. The summed E-state index contributed by atoms with van der Waals surface area (Å²) in [5, 5.41) is 6.94. The van der Waals surface area contributed by atoms with Gasteiger partial charge in [0.05, 0.1) is 0 Å². The first kappa shape index (κ1) is 15.4. The molecule has 0 atom stereocenters. The van der Waals surface area contributed by atoms with Gasteiger partial charge in [-0.25, -0.2) is 0 Å². The summed E-state index contributed by atoms with van der Waals surface area (Å²) >= 11 is 5.20. The first-order valence-corrected chi connectivity index (χ1v) is 7.44. The van der Waals surface area contributed by atoms with Crippen molar-refractivity contribution in [3.05, 3.63) is 46.5 Å². The molecule has 112 valence electrons. The van der Waals surface area contributed by atoms with Crippen molar-refractivity contribution >= 4 is 18.1 Å². The summed E-state index contributed by atoms with van der Waals surface area (Å²) in [7, 11) is 1.80. The number of rotatable bonds is 6. The van der Waals surface area contributed by atoms with E-state index in [4.69, 9.17) is 12.2 Å². The molecule has 0 aliphatic carbocycles. The number of carbonyl (C=O) groups is 1. The van der Waals surface area contributed by atoms with Crippen LogP contribution in [0.1, 0.15) is 24.7 Å². The van der Waals surface area contributed by atoms with Gasteiger partial charge in [-0.2, -0.15) is 5.10 Å². The molecule has 0 saturated carbocycles. The van der Waals surface area contributed by atoms with Gasteiger partial charge in [-0.05, 0) is 24.2 Å². The third kappa shape index (κ3) is 4.01. The summed E-state index contributed by atoms with van der Waals surface area (Å²) in [5.41, 5.74) is 1.11. The fourth-order valence-corrected chi connectivity index (χ4v) is 2.34. The maximum absolute atomic E-state index is 12.3. The van der Waals surface area contributed by atoms with E-state index in [2.05, 4.69) is 17.1 Å². The second kappa shape index (κ2) is 7.17. The van der Waals surface area contributed by atoms with Gasteiger partial charge in [-0.1, -0.05) is 37.3 Å². The number of nitrogens with one attached hydrogen (secondary N) is 1. The average molecular weight is 304 g/mol. The highest BCUT2D eigenvalue weighted by molar-refractivity contribution is 7.71. The number of nitrogens with zero attached hydrogens (tertiary/aromatic N) is 3. The number of benzene rings is 1. The smallest absolute Gasteiger partial charge is 0.242 e. The zero-order valence-corrected chi connectivity index (χ0v) is 13.2. The minimum Gasteiger partial charge on any atom is -0.340 e. The van der Waals surface area contributed by atoms with Gasteiger partial charge in [0.1, 0.15) is 12.4 Å². The summed E-state index contributed by atoms with van der Waals surface area (Å²) in [6, 6.07) is 9.93. The molecule has 1 aromatic heterocycles. The number of likely N-dealkylation sites (N-methyl/N-ethyl adjacent to an activating group) is 1. The Bertz CT molecular complexity index is 647. The predicted molar refractivity (Wildman–Crippen MR) is 84.3 cm³/mol. The van der Waals surface area contributed by atoms with Crippen LogP contribution in [0.2, 0.25) is 0 Å². The van der Waals surface area contributed by atoms with Crippen molar-refractivity contribution in [3.8, 4) is 0 Å². The molecule has 1 heterocycles. The highest BCUT2D eigenvalue weighted by atomic mass is 32.1. The van der Waals surface area contributed by atoms with Crippen LogP contribution in [-0.2, 0) is 24.3 Å². The molecule has 6 heteroatoms. The highest BCUT2D eigenvalue weighted by Crippen LogP contribution is 2.06. The Morgan fingerprint density at radius 1 is 1.38 bits per heavy atom. The number of amides is 1. The summed E-state index contributed by atoms with van der Waals surface area (Å²) in [5.74, 6) is 0.859. The molecule has 21 heavy (non-hydrogen) atoms. The molecule has 0 unspecified atom stereocenters. The Morgan fingerprint density at radius 2 is 2.10 bits per heavy atom. The Labute approximate surface area is 129 Å². The minimum atomic E-state index is 0.0220. The predicted octanol–water partition coefficient (Wildman–Crippen LogP) is 2.55. The molecule has 1 aromatic carbocycles. The van der Waals surface area contributed by atoms with E-state index in [1.807, 2.05) is 30.3 Å². The molecule has 0 spiro atoms. The van der Waals surface area contributed by atoms with Crippen LogP contribution in [0.4, 0.5) is 0 Å². The number of aryl methyl sites for hydroxylation is 1. The molecule has 1 amide bonds. The van der Waals surface area contributed by atoms with Crippen LogP contribution in [-0.4, -0.2) is 32.6 Å². The topological polar surface area (TPSA) is 53.9 Å². The number of H-pyrrole nitrogens is 1. The Kier molecular flexibility index (Phi) is 5.27. The van der Waals surface area contributed by atoms with Crippen molar-refractivity contribution in [1.29, 1.82) is 0 Å². The molecule has 2 rings (SSSR count). The fraction of sp³-hybridized carbons (Fsp3) is 0.400. The molecule has 0 saturated heterocycles. The van der Waals surface area contributed by atoms with E-state index in [-0.39, 0.29) is 12.5 Å². The number of carbonyl (C=O) groups excluding carboxylic acids is 1. The quantitative estimate of drug-likeness (QED) is 0.835. The maximum Gasteiger partial charge on any atom is 0.242 e. The lowest BCUT2D eigenvalue weighted by Gasteiger charge is -2.18. The van der Waals surface area contributed by atoms with Gasteiger partial charge in [0, 0.05) is 20.0 Å². The van der Waals surface area contributed by atoms with E-state index in [1.54, 1.807) is 16.5 Å². The highest BCUT2D eigenvalue weighted by Gasteiger charge is 2.13. The molecule has 0 aliphatic rings. The van der Waals surface area contributed by atoms with Crippen molar-refractivity contribution in [2.75, 3.05) is 7.05 Å². The van der Waals surface area contributed by atoms with E-state index < -0.39 is 0 Å². The van der Waals surface area contributed by atoms with Crippen LogP contribution < -0.4 is 0 Å². The number of aromatic amines is 1. The number of hydrogen-bond acceptors (Lipinski definition) is 3. The Balaban J connectivity index is 2.04. The van der Waals surface area contributed by atoms with Gasteiger partial charge in [0.2, 0.25) is 5.91 Å². The summed E-state index contributed by atoms with van der Waals surface area (Å²) in [6.45, 7) is 2.90. The van der Waals surface area contributed by atoms with Crippen LogP contribution in [0.25, 0.3) is 0 Å². The van der Waals surface area contributed by atoms with Gasteiger partial charge in [0.15, 0.2) is 4.77 Å². The van der Waals surface area contributed by atoms with Gasteiger partial charge in [-0.3, -0.25) is 14.5 Å². The third-order valence-corrected chi connectivity index (χ3v) is 3.60. The Morgan fingerprint density at radius 3 is 2.76 bits per heavy atom. The van der Waals surface area contributed by atoms with E-state index in [9.17, 15) is 4.79 Å². The van der Waals surface area contributed by atoms with Gasteiger partial charge < -0.3 is 4.90 Å². The van der Waals surface area contributed by atoms with E-state index in [1.165, 1.54) is 0 Å². The molecule has 0 fully saturated rings. The molecular weight excluding hydrogens is 284 g/mol. The first-order chi connectivity index (χ1) is 10.1. The minimum absolute atomic E-state index is 0.0220. The third-order valence-electron chi connectivity index (χ3n) is 3.29. The normalized spacial score (nSPS) is 10.6. The Hall–Kier alpha value is -1.95. The van der Waals surface area contributed by atoms with Gasteiger partial charge in [-0.15, -0.1) is 0 Å². The monoisotopic (exact) mass is 304 g/mol. The van der Waals surface area contributed by atoms with Crippen LogP contribution in [0, 0.1) is 4.77 Å². The van der Waals surface area contributed by atoms with Crippen molar-refractivity contribution in [2.24, 2.45) is 0 Å². The summed E-state index contributed by atoms with van der Waals surface area (Å²) < 4.78 is 2.28. The molecule has 5 nitrogen and oxygen atoms in total.